The van der Waals surface area contributed by atoms with Crippen molar-refractivity contribution in [2.45, 2.75) is 51.6 Å². The van der Waals surface area contributed by atoms with Crippen LogP contribution in [0.5, 0.6) is 0 Å². The summed E-state index contributed by atoms with van der Waals surface area (Å²) >= 11 is 0. The molecule has 0 aromatic carbocycles. The number of hydrogen-bond donors (Lipinski definition) is 1. The van der Waals surface area contributed by atoms with E-state index in [2.05, 4.69) is 18.7 Å². The van der Waals surface area contributed by atoms with Crippen molar-refractivity contribution in [2.75, 3.05) is 13.1 Å². The topological polar surface area (TPSA) is 29.3 Å². The van der Waals surface area contributed by atoms with E-state index in [1.807, 2.05) is 0 Å². The lowest BCUT2D eigenvalue weighted by Gasteiger charge is -2.25. The molecule has 0 amide bonds. The van der Waals surface area contributed by atoms with Crippen LogP contribution in [0.25, 0.3) is 0 Å². The molecule has 1 saturated carbocycles. The third kappa shape index (κ3) is 2.05. The molecule has 2 aliphatic rings. The van der Waals surface area contributed by atoms with Crippen LogP contribution in [0.4, 0.5) is 0 Å². The van der Waals surface area contributed by atoms with E-state index in [0.29, 0.717) is 11.5 Å². The molecule has 0 aromatic rings. The first-order valence-corrected chi connectivity index (χ1v) is 5.56. The molecule has 1 aliphatic carbocycles. The second-order valence-electron chi connectivity index (χ2n) is 5.60. The maximum atomic E-state index is 5.92. The highest BCUT2D eigenvalue weighted by Gasteiger charge is 2.36. The molecule has 2 atom stereocenters. The van der Waals surface area contributed by atoms with Gasteiger partial charge in [0.2, 0.25) is 0 Å². The Morgan fingerprint density at radius 3 is 2.54 bits per heavy atom. The van der Waals surface area contributed by atoms with E-state index >= 15 is 0 Å². The monoisotopic (exact) mass is 182 g/mol. The van der Waals surface area contributed by atoms with Gasteiger partial charge in [0, 0.05) is 25.2 Å². The first-order chi connectivity index (χ1) is 6.07. The molecule has 0 spiro atoms. The highest BCUT2D eigenvalue weighted by Crippen LogP contribution is 2.40. The molecular formula is C11H22N2. The van der Waals surface area contributed by atoms with Crippen molar-refractivity contribution in [3.05, 3.63) is 0 Å². The van der Waals surface area contributed by atoms with Gasteiger partial charge in [-0.2, -0.15) is 0 Å². The summed E-state index contributed by atoms with van der Waals surface area (Å²) in [6.07, 6.45) is 5.36. The minimum absolute atomic E-state index is 0.448. The molecule has 0 bridgehead atoms. The first kappa shape index (κ1) is 9.47. The van der Waals surface area contributed by atoms with Crippen molar-refractivity contribution in [2.24, 2.45) is 11.1 Å². The molecule has 1 aliphatic heterocycles. The average Bonchev–Trinajstić information content (AvgIpc) is 2.56. The fourth-order valence-electron chi connectivity index (χ4n) is 2.86. The van der Waals surface area contributed by atoms with Crippen molar-refractivity contribution >= 4 is 0 Å². The van der Waals surface area contributed by atoms with Gasteiger partial charge in [0.25, 0.3) is 0 Å². The number of hydrogen-bond acceptors (Lipinski definition) is 2. The highest BCUT2D eigenvalue weighted by atomic mass is 15.2. The van der Waals surface area contributed by atoms with Crippen molar-refractivity contribution in [3.63, 3.8) is 0 Å². The SMILES string of the molecule is CC1(C)CCC(N2CCC(N)C2)C1. The summed E-state index contributed by atoms with van der Waals surface area (Å²) < 4.78 is 0. The van der Waals surface area contributed by atoms with Crippen molar-refractivity contribution < 1.29 is 0 Å². The summed E-state index contributed by atoms with van der Waals surface area (Å²) in [5.41, 5.74) is 6.50. The second kappa shape index (κ2) is 3.25. The van der Waals surface area contributed by atoms with Gasteiger partial charge in [-0.05, 0) is 31.1 Å². The van der Waals surface area contributed by atoms with Crippen LogP contribution in [0.15, 0.2) is 0 Å². The predicted molar refractivity (Wildman–Crippen MR) is 55.6 cm³/mol. The molecule has 76 valence electrons. The second-order valence-corrected chi connectivity index (χ2v) is 5.60. The molecule has 1 saturated heterocycles. The number of likely N-dealkylation sites (tertiary alicyclic amines) is 1. The van der Waals surface area contributed by atoms with Crippen LogP contribution in [0, 0.1) is 5.41 Å². The number of nitrogens with zero attached hydrogens (tertiary/aromatic N) is 1. The molecular weight excluding hydrogens is 160 g/mol. The Hall–Kier alpha value is -0.0800. The molecule has 2 N–H and O–H groups in total. The van der Waals surface area contributed by atoms with E-state index in [9.17, 15) is 0 Å². The van der Waals surface area contributed by atoms with Crippen LogP contribution in [0.1, 0.15) is 39.5 Å². The predicted octanol–water partition coefficient (Wildman–Crippen LogP) is 1.60. The standard InChI is InChI=1S/C11H22N2/c1-11(2)5-3-10(7-11)13-6-4-9(12)8-13/h9-10H,3-8,12H2,1-2H3. The molecule has 1 heterocycles. The van der Waals surface area contributed by atoms with Crippen LogP contribution >= 0.6 is 0 Å². The van der Waals surface area contributed by atoms with Crippen LogP contribution in [-0.4, -0.2) is 30.1 Å². The molecule has 2 heteroatoms. The Morgan fingerprint density at radius 1 is 1.31 bits per heavy atom. The maximum absolute atomic E-state index is 5.92. The van der Waals surface area contributed by atoms with E-state index in [4.69, 9.17) is 5.73 Å². The Kier molecular flexibility index (Phi) is 2.37. The Labute approximate surface area is 81.5 Å². The fraction of sp³-hybridized carbons (Fsp3) is 1.00. The largest absolute Gasteiger partial charge is 0.326 e. The van der Waals surface area contributed by atoms with Gasteiger partial charge in [-0.1, -0.05) is 13.8 Å². The van der Waals surface area contributed by atoms with Gasteiger partial charge in [0.1, 0.15) is 0 Å². The lowest BCUT2D eigenvalue weighted by Crippen LogP contribution is -2.34. The summed E-state index contributed by atoms with van der Waals surface area (Å²) in [6, 6.07) is 1.28. The third-order valence-electron chi connectivity index (χ3n) is 3.72. The van der Waals surface area contributed by atoms with Crippen LogP contribution in [0.2, 0.25) is 0 Å². The molecule has 2 nitrogen and oxygen atoms in total. The van der Waals surface area contributed by atoms with Gasteiger partial charge >= 0.3 is 0 Å². The van der Waals surface area contributed by atoms with E-state index in [0.717, 1.165) is 12.6 Å². The molecule has 2 fully saturated rings. The lowest BCUT2D eigenvalue weighted by atomic mass is 9.91. The van der Waals surface area contributed by atoms with Gasteiger partial charge in [-0.15, -0.1) is 0 Å². The van der Waals surface area contributed by atoms with E-state index in [-0.39, 0.29) is 0 Å². The summed E-state index contributed by atoms with van der Waals surface area (Å²) in [4.78, 5) is 2.61. The van der Waals surface area contributed by atoms with Crippen LogP contribution in [-0.2, 0) is 0 Å². The van der Waals surface area contributed by atoms with Crippen molar-refractivity contribution in [1.82, 2.24) is 4.90 Å². The minimum Gasteiger partial charge on any atom is -0.326 e. The Bertz CT molecular complexity index is 189. The average molecular weight is 182 g/mol. The normalized spacial score (nSPS) is 39.9. The van der Waals surface area contributed by atoms with Crippen molar-refractivity contribution in [3.8, 4) is 0 Å². The zero-order chi connectivity index (χ0) is 9.47. The van der Waals surface area contributed by atoms with Crippen LogP contribution in [0.3, 0.4) is 0 Å². The Balaban J connectivity index is 1.89. The van der Waals surface area contributed by atoms with Gasteiger partial charge in [0.15, 0.2) is 0 Å². The molecule has 2 rings (SSSR count). The van der Waals surface area contributed by atoms with E-state index in [1.54, 1.807) is 0 Å². The van der Waals surface area contributed by atoms with Gasteiger partial charge in [-0.3, -0.25) is 4.90 Å². The first-order valence-electron chi connectivity index (χ1n) is 5.56. The van der Waals surface area contributed by atoms with Crippen LogP contribution < -0.4 is 5.73 Å². The maximum Gasteiger partial charge on any atom is 0.0180 e. The fourth-order valence-corrected chi connectivity index (χ4v) is 2.86. The van der Waals surface area contributed by atoms with E-state index in [1.165, 1.54) is 32.2 Å². The Morgan fingerprint density at radius 2 is 2.08 bits per heavy atom. The summed E-state index contributed by atoms with van der Waals surface area (Å²) in [5.74, 6) is 0. The smallest absolute Gasteiger partial charge is 0.0180 e. The molecule has 2 unspecified atom stereocenters. The summed E-state index contributed by atoms with van der Waals surface area (Å²) in [5, 5.41) is 0. The number of nitrogens with two attached hydrogens (primary N) is 1. The van der Waals surface area contributed by atoms with Gasteiger partial charge in [0.05, 0.1) is 0 Å². The van der Waals surface area contributed by atoms with Gasteiger partial charge < -0.3 is 5.73 Å². The summed E-state index contributed by atoms with van der Waals surface area (Å²) in [6.45, 7) is 7.16. The van der Waals surface area contributed by atoms with E-state index < -0.39 is 0 Å². The zero-order valence-electron chi connectivity index (χ0n) is 8.92. The summed E-state index contributed by atoms with van der Waals surface area (Å²) in [7, 11) is 0. The quantitative estimate of drug-likeness (QED) is 0.667. The minimum atomic E-state index is 0.448. The molecule has 13 heavy (non-hydrogen) atoms. The molecule has 0 aromatic heterocycles. The third-order valence-corrected chi connectivity index (χ3v) is 3.72. The highest BCUT2D eigenvalue weighted by molar-refractivity contribution is 4.91. The zero-order valence-corrected chi connectivity index (χ0v) is 8.92. The molecule has 0 radical (unpaired) electrons. The lowest BCUT2D eigenvalue weighted by molar-refractivity contribution is 0.225. The number of rotatable bonds is 1. The van der Waals surface area contributed by atoms with Crippen molar-refractivity contribution in [1.29, 1.82) is 0 Å². The van der Waals surface area contributed by atoms with Gasteiger partial charge in [-0.25, -0.2) is 0 Å².